The predicted molar refractivity (Wildman–Crippen MR) is 128 cm³/mol. The lowest BCUT2D eigenvalue weighted by Gasteiger charge is -2.17. The van der Waals surface area contributed by atoms with E-state index in [-0.39, 0.29) is 16.4 Å². The van der Waals surface area contributed by atoms with Crippen LogP contribution in [0.15, 0.2) is 41.7 Å². The number of hydrogen-bond acceptors (Lipinski definition) is 9. The van der Waals surface area contributed by atoms with Crippen LogP contribution in [-0.2, 0) is 9.84 Å². The summed E-state index contributed by atoms with van der Waals surface area (Å²) < 4.78 is 55.3. The van der Waals surface area contributed by atoms with Crippen molar-refractivity contribution in [2.24, 2.45) is 0 Å². The van der Waals surface area contributed by atoms with Crippen LogP contribution < -0.4 is 10.1 Å². The molecule has 0 bridgehead atoms. The standard InChI is InChI=1S/C22H23F2N5O5S2/c1-12(17-18(26-7-6-25-17)20-27-11-16(35-20)21(31)29(3)4)28-19(30)13-8-14(34-22(2,23)24)10-15(9-13)36(5,32)33/h6-12H,1-5H3,(H,28,30)/t12-/m0/s1. The highest BCUT2D eigenvalue weighted by Gasteiger charge is 2.26. The average Bonchev–Trinajstić information content (AvgIpc) is 3.26. The van der Waals surface area contributed by atoms with Gasteiger partial charge in [-0.15, -0.1) is 11.3 Å². The number of carbonyl (C=O) groups is 2. The first-order valence-electron chi connectivity index (χ1n) is 10.4. The molecule has 0 unspecified atom stereocenters. The Morgan fingerprint density at radius 3 is 2.42 bits per heavy atom. The third-order valence-electron chi connectivity index (χ3n) is 4.68. The first-order valence-corrected chi connectivity index (χ1v) is 13.1. The van der Waals surface area contributed by atoms with Crippen LogP contribution in [0.1, 0.15) is 45.6 Å². The SMILES string of the molecule is C[C@H](NC(=O)c1cc(OC(C)(F)F)cc(S(C)(=O)=O)c1)c1nccnc1-c1ncc(C(=O)N(C)C)s1. The van der Waals surface area contributed by atoms with Gasteiger partial charge in [0.05, 0.1) is 22.8 Å². The highest BCUT2D eigenvalue weighted by Crippen LogP contribution is 2.30. The number of rotatable bonds is 8. The molecule has 36 heavy (non-hydrogen) atoms. The monoisotopic (exact) mass is 539 g/mol. The molecule has 0 fully saturated rings. The van der Waals surface area contributed by atoms with Gasteiger partial charge in [0.1, 0.15) is 21.3 Å². The summed E-state index contributed by atoms with van der Waals surface area (Å²) in [7, 11) is -0.606. The number of thiazole rings is 1. The second-order valence-electron chi connectivity index (χ2n) is 8.09. The first kappa shape index (κ1) is 27.1. The Bertz CT molecular complexity index is 1400. The van der Waals surface area contributed by atoms with E-state index < -0.39 is 33.6 Å². The zero-order valence-electron chi connectivity index (χ0n) is 19.9. The molecule has 1 atom stereocenters. The van der Waals surface area contributed by atoms with Gasteiger partial charge in [-0.05, 0) is 25.1 Å². The Morgan fingerprint density at radius 1 is 1.14 bits per heavy atom. The Hall–Kier alpha value is -3.52. The lowest BCUT2D eigenvalue weighted by Crippen LogP contribution is -2.28. The molecule has 2 heterocycles. The van der Waals surface area contributed by atoms with E-state index in [2.05, 4.69) is 25.0 Å². The fourth-order valence-corrected chi connectivity index (χ4v) is 4.68. The maximum absolute atomic E-state index is 13.4. The van der Waals surface area contributed by atoms with Crippen molar-refractivity contribution in [1.29, 1.82) is 0 Å². The Kier molecular flexibility index (Phi) is 7.69. The second-order valence-corrected chi connectivity index (χ2v) is 11.1. The summed E-state index contributed by atoms with van der Waals surface area (Å²) in [5.74, 6) is -1.47. The number of amides is 2. The Morgan fingerprint density at radius 2 is 1.81 bits per heavy atom. The molecule has 2 amide bonds. The van der Waals surface area contributed by atoms with Crippen molar-refractivity contribution >= 4 is 33.0 Å². The highest BCUT2D eigenvalue weighted by atomic mass is 32.2. The fourth-order valence-electron chi connectivity index (χ4n) is 3.06. The van der Waals surface area contributed by atoms with E-state index in [0.717, 1.165) is 35.8 Å². The minimum absolute atomic E-state index is 0.206. The van der Waals surface area contributed by atoms with E-state index in [1.807, 2.05) is 0 Å². The van der Waals surface area contributed by atoms with Gasteiger partial charge < -0.3 is 15.0 Å². The lowest BCUT2D eigenvalue weighted by molar-refractivity contribution is -0.159. The van der Waals surface area contributed by atoms with E-state index in [1.165, 1.54) is 23.5 Å². The van der Waals surface area contributed by atoms with E-state index in [1.54, 1.807) is 21.0 Å². The summed E-state index contributed by atoms with van der Waals surface area (Å²) in [5, 5.41) is 3.07. The Labute approximate surface area is 210 Å². The maximum atomic E-state index is 13.4. The number of hydrogen-bond donors (Lipinski definition) is 1. The number of sulfone groups is 1. The van der Waals surface area contributed by atoms with Crippen LogP contribution >= 0.6 is 11.3 Å². The lowest BCUT2D eigenvalue weighted by atomic mass is 10.1. The van der Waals surface area contributed by atoms with Gasteiger partial charge in [-0.2, -0.15) is 8.78 Å². The third kappa shape index (κ3) is 6.57. The Balaban J connectivity index is 1.92. The molecular weight excluding hydrogens is 516 g/mol. The molecule has 0 aliphatic heterocycles. The summed E-state index contributed by atoms with van der Waals surface area (Å²) in [5.41, 5.74) is 0.468. The van der Waals surface area contributed by atoms with Crippen LogP contribution in [0.5, 0.6) is 5.75 Å². The normalized spacial score (nSPS) is 12.6. The van der Waals surface area contributed by atoms with Crippen molar-refractivity contribution in [2.75, 3.05) is 20.4 Å². The van der Waals surface area contributed by atoms with Crippen LogP contribution in [-0.4, -0.2) is 66.5 Å². The number of ether oxygens (including phenoxy) is 1. The summed E-state index contributed by atoms with van der Waals surface area (Å²) in [6.45, 7) is 2.11. The molecule has 1 aromatic carbocycles. The molecule has 10 nitrogen and oxygen atoms in total. The smallest absolute Gasteiger partial charge is 0.394 e. The fraction of sp³-hybridized carbons (Fsp3) is 0.318. The van der Waals surface area contributed by atoms with Crippen LogP contribution in [0, 0.1) is 0 Å². The predicted octanol–water partition coefficient (Wildman–Crippen LogP) is 3.19. The van der Waals surface area contributed by atoms with Gasteiger partial charge in [-0.3, -0.25) is 19.6 Å². The number of nitrogens with zero attached hydrogens (tertiary/aromatic N) is 4. The molecule has 0 saturated carbocycles. The van der Waals surface area contributed by atoms with Crippen LogP contribution in [0.4, 0.5) is 8.78 Å². The van der Waals surface area contributed by atoms with Gasteiger partial charge in [0.15, 0.2) is 9.84 Å². The van der Waals surface area contributed by atoms with E-state index >= 15 is 0 Å². The number of halogens is 2. The molecular formula is C22H23F2N5O5S2. The maximum Gasteiger partial charge on any atom is 0.394 e. The van der Waals surface area contributed by atoms with Crippen LogP contribution in [0.3, 0.4) is 0 Å². The van der Waals surface area contributed by atoms with Crippen molar-refractivity contribution in [3.63, 3.8) is 0 Å². The van der Waals surface area contributed by atoms with Crippen molar-refractivity contribution in [2.45, 2.75) is 30.9 Å². The number of carbonyl (C=O) groups excluding carboxylic acids is 2. The number of nitrogens with one attached hydrogen (secondary N) is 1. The molecule has 3 rings (SSSR count). The third-order valence-corrected chi connectivity index (χ3v) is 6.76. The first-order chi connectivity index (χ1) is 16.7. The van der Waals surface area contributed by atoms with Crippen LogP contribution in [0.2, 0.25) is 0 Å². The van der Waals surface area contributed by atoms with Gasteiger partial charge in [-0.1, -0.05) is 0 Å². The summed E-state index contributed by atoms with van der Waals surface area (Å²) in [6.07, 6.45) is 1.57. The van der Waals surface area contributed by atoms with Gasteiger partial charge in [-0.25, -0.2) is 13.4 Å². The van der Waals surface area contributed by atoms with E-state index in [4.69, 9.17) is 0 Å². The van der Waals surface area contributed by atoms with Gasteiger partial charge in [0, 0.05) is 45.2 Å². The van der Waals surface area contributed by atoms with E-state index in [0.29, 0.717) is 28.2 Å². The van der Waals surface area contributed by atoms with Crippen LogP contribution in [0.25, 0.3) is 10.7 Å². The molecule has 0 spiro atoms. The summed E-state index contributed by atoms with van der Waals surface area (Å²) >= 11 is 1.11. The second kappa shape index (κ2) is 10.2. The molecule has 14 heteroatoms. The van der Waals surface area contributed by atoms with Crippen molar-refractivity contribution in [3.8, 4) is 16.5 Å². The zero-order valence-corrected chi connectivity index (χ0v) is 21.6. The molecule has 0 radical (unpaired) electrons. The molecule has 2 aromatic heterocycles. The molecule has 1 N–H and O–H groups in total. The number of benzene rings is 1. The molecule has 0 saturated heterocycles. The minimum atomic E-state index is -3.84. The quantitative estimate of drug-likeness (QED) is 0.462. The molecule has 3 aromatic rings. The molecule has 0 aliphatic carbocycles. The van der Waals surface area contributed by atoms with Crippen molar-refractivity contribution in [3.05, 3.63) is 52.9 Å². The number of alkyl halides is 2. The highest BCUT2D eigenvalue weighted by molar-refractivity contribution is 7.90. The van der Waals surface area contributed by atoms with Crippen molar-refractivity contribution < 1.29 is 31.5 Å². The van der Waals surface area contributed by atoms with Gasteiger partial charge >= 0.3 is 6.11 Å². The zero-order chi connectivity index (χ0) is 26.8. The number of aromatic nitrogens is 3. The van der Waals surface area contributed by atoms with Gasteiger partial charge in [0.2, 0.25) is 0 Å². The minimum Gasteiger partial charge on any atom is -0.433 e. The average molecular weight is 540 g/mol. The largest absolute Gasteiger partial charge is 0.433 e. The molecule has 192 valence electrons. The summed E-state index contributed by atoms with van der Waals surface area (Å²) in [4.78, 5) is 39.5. The molecule has 0 aliphatic rings. The topological polar surface area (TPSA) is 131 Å². The van der Waals surface area contributed by atoms with Crippen molar-refractivity contribution in [1.82, 2.24) is 25.2 Å². The van der Waals surface area contributed by atoms with Gasteiger partial charge in [0.25, 0.3) is 11.8 Å². The summed E-state index contributed by atoms with van der Waals surface area (Å²) in [6, 6.07) is 2.25. The van der Waals surface area contributed by atoms with E-state index in [9.17, 15) is 26.8 Å².